The normalized spacial score (nSPS) is 17.3. The summed E-state index contributed by atoms with van der Waals surface area (Å²) in [6.07, 6.45) is 2.67. The molecule has 1 saturated heterocycles. The maximum Gasteiger partial charge on any atom is 0.161 e. The first-order chi connectivity index (χ1) is 9.69. The largest absolute Gasteiger partial charge is 0.504 e. The first-order valence-corrected chi connectivity index (χ1v) is 7.59. The minimum absolute atomic E-state index is 0.209. The zero-order chi connectivity index (χ0) is 14.4. The molecule has 112 valence electrons. The van der Waals surface area contributed by atoms with E-state index in [1.165, 1.54) is 25.9 Å². The van der Waals surface area contributed by atoms with Gasteiger partial charge in [0, 0.05) is 19.1 Å². The van der Waals surface area contributed by atoms with Gasteiger partial charge in [0.1, 0.15) is 0 Å². The molecule has 4 nitrogen and oxygen atoms in total. The third kappa shape index (κ3) is 4.39. The molecule has 1 aromatic rings. The highest BCUT2D eigenvalue weighted by Gasteiger charge is 2.14. The highest BCUT2D eigenvalue weighted by atomic mass is 16.5. The lowest BCUT2D eigenvalue weighted by Gasteiger charge is -2.21. The van der Waals surface area contributed by atoms with E-state index in [-0.39, 0.29) is 5.75 Å². The fraction of sp³-hybridized carbons (Fsp3) is 0.625. The fourth-order valence-electron chi connectivity index (χ4n) is 2.65. The van der Waals surface area contributed by atoms with E-state index in [1.807, 2.05) is 19.1 Å². The minimum atomic E-state index is 0.209. The van der Waals surface area contributed by atoms with E-state index >= 15 is 0 Å². The van der Waals surface area contributed by atoms with Crippen LogP contribution in [0.15, 0.2) is 18.2 Å². The second-order valence-electron chi connectivity index (χ2n) is 5.52. The number of aromatic hydroxyl groups is 1. The maximum atomic E-state index is 9.68. The van der Waals surface area contributed by atoms with Gasteiger partial charge in [-0.3, -0.25) is 0 Å². The zero-order valence-corrected chi connectivity index (χ0v) is 12.6. The molecule has 2 rings (SSSR count). The number of nitrogens with zero attached hydrogens (tertiary/aromatic N) is 1. The van der Waals surface area contributed by atoms with E-state index in [4.69, 9.17) is 4.74 Å². The monoisotopic (exact) mass is 278 g/mol. The molecule has 0 saturated carbocycles. The maximum absolute atomic E-state index is 9.68. The van der Waals surface area contributed by atoms with Gasteiger partial charge in [-0.1, -0.05) is 6.07 Å². The van der Waals surface area contributed by atoms with Crippen molar-refractivity contribution in [2.75, 3.05) is 26.2 Å². The molecule has 1 fully saturated rings. The quantitative estimate of drug-likeness (QED) is 0.804. The Morgan fingerprint density at radius 1 is 1.35 bits per heavy atom. The molecule has 0 spiro atoms. The Bertz CT molecular complexity index is 417. The molecular formula is C16H26N2O2. The summed E-state index contributed by atoms with van der Waals surface area (Å²) < 4.78 is 5.41. The Kier molecular flexibility index (Phi) is 5.68. The molecule has 0 amide bonds. The van der Waals surface area contributed by atoms with Gasteiger partial charge in [-0.15, -0.1) is 0 Å². The Balaban J connectivity index is 1.81. The van der Waals surface area contributed by atoms with E-state index in [0.29, 0.717) is 18.4 Å². The third-order valence-electron chi connectivity index (χ3n) is 3.71. The van der Waals surface area contributed by atoms with E-state index in [2.05, 4.69) is 17.1 Å². The molecule has 0 aromatic heterocycles. The second kappa shape index (κ2) is 7.50. The summed E-state index contributed by atoms with van der Waals surface area (Å²) in [6, 6.07) is 6.02. The number of likely N-dealkylation sites (tertiary alicyclic amines) is 1. The number of phenolic OH excluding ortho intramolecular Hbond substituents is 1. The van der Waals surface area contributed by atoms with Crippen molar-refractivity contribution in [1.29, 1.82) is 0 Å². The minimum Gasteiger partial charge on any atom is -0.504 e. The summed E-state index contributed by atoms with van der Waals surface area (Å²) >= 11 is 0. The standard InChI is InChI=1S/C16H26N2O2/c1-3-20-16-10-14(6-7-15(16)19)11-17-13(2)12-18-8-4-5-9-18/h6-7,10,13,17,19H,3-5,8-9,11-12H2,1-2H3. The van der Waals surface area contributed by atoms with Crippen molar-refractivity contribution in [2.24, 2.45) is 0 Å². The van der Waals surface area contributed by atoms with Crippen molar-refractivity contribution in [1.82, 2.24) is 10.2 Å². The van der Waals surface area contributed by atoms with Crippen molar-refractivity contribution in [2.45, 2.75) is 39.3 Å². The lowest BCUT2D eigenvalue weighted by atomic mass is 10.2. The van der Waals surface area contributed by atoms with Crippen molar-refractivity contribution >= 4 is 0 Å². The van der Waals surface area contributed by atoms with Crippen molar-refractivity contribution < 1.29 is 9.84 Å². The first kappa shape index (κ1) is 15.1. The van der Waals surface area contributed by atoms with Crippen LogP contribution in [0.25, 0.3) is 0 Å². The van der Waals surface area contributed by atoms with Gasteiger partial charge in [0.15, 0.2) is 11.5 Å². The summed E-state index contributed by atoms with van der Waals surface area (Å²) in [4.78, 5) is 2.51. The molecule has 1 unspecified atom stereocenters. The van der Waals surface area contributed by atoms with Gasteiger partial charge >= 0.3 is 0 Å². The first-order valence-electron chi connectivity index (χ1n) is 7.59. The molecule has 1 aromatic carbocycles. The van der Waals surface area contributed by atoms with E-state index < -0.39 is 0 Å². The third-order valence-corrected chi connectivity index (χ3v) is 3.71. The fourth-order valence-corrected chi connectivity index (χ4v) is 2.65. The molecule has 0 aliphatic carbocycles. The summed E-state index contributed by atoms with van der Waals surface area (Å²) in [7, 11) is 0. The predicted octanol–water partition coefficient (Wildman–Crippen LogP) is 2.36. The van der Waals surface area contributed by atoms with E-state index in [0.717, 1.165) is 18.7 Å². The van der Waals surface area contributed by atoms with Crippen LogP contribution in [0.2, 0.25) is 0 Å². The van der Waals surface area contributed by atoms with Crippen molar-refractivity contribution in [3.63, 3.8) is 0 Å². The number of hydrogen-bond donors (Lipinski definition) is 2. The Hall–Kier alpha value is -1.26. The summed E-state index contributed by atoms with van der Waals surface area (Å²) in [5.41, 5.74) is 1.14. The van der Waals surface area contributed by atoms with Gasteiger partial charge in [0.25, 0.3) is 0 Å². The van der Waals surface area contributed by atoms with E-state index in [9.17, 15) is 5.11 Å². The van der Waals surface area contributed by atoms with Crippen molar-refractivity contribution in [3.8, 4) is 11.5 Å². The number of nitrogens with one attached hydrogen (secondary N) is 1. The summed E-state index contributed by atoms with van der Waals surface area (Å²) in [6.45, 7) is 9.09. The van der Waals surface area contributed by atoms with Crippen LogP contribution < -0.4 is 10.1 Å². The Morgan fingerprint density at radius 3 is 2.80 bits per heavy atom. The van der Waals surface area contributed by atoms with Gasteiger partial charge in [-0.25, -0.2) is 0 Å². The van der Waals surface area contributed by atoms with Crippen LogP contribution in [0.4, 0.5) is 0 Å². The molecule has 4 heteroatoms. The molecule has 0 radical (unpaired) electrons. The average Bonchev–Trinajstić information content (AvgIpc) is 2.93. The topological polar surface area (TPSA) is 44.7 Å². The lowest BCUT2D eigenvalue weighted by Crippen LogP contribution is -2.37. The molecular weight excluding hydrogens is 252 g/mol. The molecule has 1 aliphatic heterocycles. The molecule has 1 aliphatic rings. The van der Waals surface area contributed by atoms with Crippen LogP contribution in [-0.2, 0) is 6.54 Å². The van der Waals surface area contributed by atoms with Gasteiger partial charge in [-0.05, 0) is 57.5 Å². The van der Waals surface area contributed by atoms with Crippen LogP contribution >= 0.6 is 0 Å². The Morgan fingerprint density at radius 2 is 2.10 bits per heavy atom. The number of ether oxygens (including phenoxy) is 1. The summed E-state index contributed by atoms with van der Waals surface area (Å²) in [5, 5.41) is 13.2. The smallest absolute Gasteiger partial charge is 0.161 e. The number of benzene rings is 1. The highest BCUT2D eigenvalue weighted by molar-refractivity contribution is 5.41. The van der Waals surface area contributed by atoms with Gasteiger partial charge in [0.2, 0.25) is 0 Å². The molecule has 0 bridgehead atoms. The van der Waals surface area contributed by atoms with Gasteiger partial charge in [-0.2, -0.15) is 0 Å². The van der Waals surface area contributed by atoms with Gasteiger partial charge in [0.05, 0.1) is 6.61 Å². The number of hydrogen-bond acceptors (Lipinski definition) is 4. The van der Waals surface area contributed by atoms with Crippen molar-refractivity contribution in [3.05, 3.63) is 23.8 Å². The Labute approximate surface area is 121 Å². The molecule has 20 heavy (non-hydrogen) atoms. The summed E-state index contributed by atoms with van der Waals surface area (Å²) in [5.74, 6) is 0.778. The SMILES string of the molecule is CCOc1cc(CNC(C)CN2CCCC2)ccc1O. The molecule has 2 N–H and O–H groups in total. The highest BCUT2D eigenvalue weighted by Crippen LogP contribution is 2.26. The van der Waals surface area contributed by atoms with Crippen LogP contribution in [0.3, 0.4) is 0 Å². The lowest BCUT2D eigenvalue weighted by molar-refractivity contribution is 0.297. The zero-order valence-electron chi connectivity index (χ0n) is 12.6. The van der Waals surface area contributed by atoms with Crippen LogP contribution in [-0.4, -0.2) is 42.3 Å². The molecule has 1 atom stereocenters. The van der Waals surface area contributed by atoms with Crippen LogP contribution in [0.5, 0.6) is 11.5 Å². The average molecular weight is 278 g/mol. The second-order valence-corrected chi connectivity index (χ2v) is 5.52. The van der Waals surface area contributed by atoms with Gasteiger partial charge < -0.3 is 20.1 Å². The predicted molar refractivity (Wildman–Crippen MR) is 81.3 cm³/mol. The number of phenols is 1. The molecule has 1 heterocycles. The van der Waals surface area contributed by atoms with Crippen LogP contribution in [0, 0.1) is 0 Å². The number of rotatable bonds is 7. The van der Waals surface area contributed by atoms with E-state index in [1.54, 1.807) is 6.07 Å². The van der Waals surface area contributed by atoms with Crippen LogP contribution in [0.1, 0.15) is 32.3 Å².